The molecule has 1 aliphatic heterocycles. The fraction of sp³-hybridized carbons (Fsp3) is 0.294. The van der Waals surface area contributed by atoms with E-state index in [1.165, 1.54) is 0 Å². The van der Waals surface area contributed by atoms with Crippen molar-refractivity contribution in [1.29, 1.82) is 0 Å². The van der Waals surface area contributed by atoms with Crippen molar-refractivity contribution in [2.75, 3.05) is 13.7 Å². The van der Waals surface area contributed by atoms with Gasteiger partial charge < -0.3 is 14.2 Å². The Bertz CT molecular complexity index is 960. The SMILES string of the molecule is [B]c1ccc2nc(Br)n(Cc3cc(OC)c4c(c3)OC(C)CO4)c2n1. The first-order valence-corrected chi connectivity index (χ1v) is 8.63. The molecule has 25 heavy (non-hydrogen) atoms. The first-order chi connectivity index (χ1) is 12.0. The highest BCUT2D eigenvalue weighted by Crippen LogP contribution is 2.41. The third-order valence-corrected chi connectivity index (χ3v) is 4.60. The summed E-state index contributed by atoms with van der Waals surface area (Å²) in [5, 5.41) is 0. The molecule has 0 spiro atoms. The predicted molar refractivity (Wildman–Crippen MR) is 98.3 cm³/mol. The third-order valence-electron chi connectivity index (χ3n) is 4.00. The van der Waals surface area contributed by atoms with Crippen LogP contribution in [0.4, 0.5) is 0 Å². The normalized spacial score (nSPS) is 16.2. The second-order valence-corrected chi connectivity index (χ2v) is 6.62. The Kier molecular flexibility index (Phi) is 4.07. The van der Waals surface area contributed by atoms with Crippen LogP contribution < -0.4 is 19.8 Å². The van der Waals surface area contributed by atoms with Crippen LogP contribution in [0, 0.1) is 0 Å². The molecule has 0 aliphatic carbocycles. The zero-order chi connectivity index (χ0) is 17.6. The van der Waals surface area contributed by atoms with Gasteiger partial charge in [-0.2, -0.15) is 0 Å². The van der Waals surface area contributed by atoms with E-state index in [0.717, 1.165) is 11.1 Å². The topological polar surface area (TPSA) is 58.4 Å². The molecule has 2 radical (unpaired) electrons. The van der Waals surface area contributed by atoms with Crippen LogP contribution in [-0.4, -0.2) is 42.2 Å². The van der Waals surface area contributed by atoms with Crippen LogP contribution in [0.3, 0.4) is 0 Å². The molecule has 1 atom stereocenters. The minimum atomic E-state index is -0.00488. The van der Waals surface area contributed by atoms with Crippen molar-refractivity contribution in [3.05, 3.63) is 34.6 Å². The number of rotatable bonds is 3. The van der Waals surface area contributed by atoms with Crippen molar-refractivity contribution >= 4 is 40.5 Å². The highest BCUT2D eigenvalue weighted by Gasteiger charge is 2.23. The van der Waals surface area contributed by atoms with E-state index < -0.39 is 0 Å². The second kappa shape index (κ2) is 6.26. The number of fused-ring (bicyclic) bond motifs is 2. The summed E-state index contributed by atoms with van der Waals surface area (Å²) in [6, 6.07) is 7.48. The van der Waals surface area contributed by atoms with E-state index in [-0.39, 0.29) is 6.10 Å². The Hall–Kier alpha value is -2.22. The lowest BCUT2D eigenvalue weighted by atomic mass is 10.0. The van der Waals surface area contributed by atoms with Gasteiger partial charge in [0.2, 0.25) is 5.75 Å². The smallest absolute Gasteiger partial charge is 0.203 e. The molecule has 4 rings (SSSR count). The summed E-state index contributed by atoms with van der Waals surface area (Å²) in [6.45, 7) is 3.01. The number of ether oxygens (including phenoxy) is 3. The number of pyridine rings is 1. The standard InChI is InChI=1S/C17H15BBrN3O3/c1-9-8-24-15-12(23-2)5-10(6-13(15)25-9)7-22-16-11(20-17(22)19)3-4-14(18)21-16/h3-6,9H,7-8H2,1-2H3. The minimum absolute atomic E-state index is 0.00488. The quantitative estimate of drug-likeness (QED) is 0.632. The average Bonchev–Trinajstić information content (AvgIpc) is 2.89. The number of hydrogen-bond donors (Lipinski definition) is 0. The number of hydrogen-bond acceptors (Lipinski definition) is 5. The lowest BCUT2D eigenvalue weighted by Gasteiger charge is -2.26. The first kappa shape index (κ1) is 16.3. The van der Waals surface area contributed by atoms with Crippen molar-refractivity contribution in [1.82, 2.24) is 14.5 Å². The fourth-order valence-electron chi connectivity index (χ4n) is 2.87. The molecule has 1 aromatic carbocycles. The molecule has 1 unspecified atom stereocenters. The molecule has 8 heteroatoms. The number of halogens is 1. The van der Waals surface area contributed by atoms with E-state index in [1.54, 1.807) is 13.2 Å². The van der Waals surface area contributed by atoms with Gasteiger partial charge in [-0.05, 0) is 58.3 Å². The number of benzene rings is 1. The number of methoxy groups -OCH3 is 1. The van der Waals surface area contributed by atoms with Gasteiger partial charge in [-0.15, -0.1) is 0 Å². The van der Waals surface area contributed by atoms with Crippen LogP contribution >= 0.6 is 15.9 Å². The Morgan fingerprint density at radius 3 is 3.00 bits per heavy atom. The van der Waals surface area contributed by atoms with E-state index in [0.29, 0.717) is 46.4 Å². The predicted octanol–water partition coefficient (Wildman–Crippen LogP) is 2.20. The molecule has 3 heterocycles. The van der Waals surface area contributed by atoms with Crippen molar-refractivity contribution < 1.29 is 14.2 Å². The molecule has 6 nitrogen and oxygen atoms in total. The summed E-state index contributed by atoms with van der Waals surface area (Å²) >= 11 is 3.50. The van der Waals surface area contributed by atoms with Crippen LogP contribution in [0.5, 0.6) is 17.2 Å². The lowest BCUT2D eigenvalue weighted by Crippen LogP contribution is -2.26. The van der Waals surface area contributed by atoms with Crippen LogP contribution in [0.15, 0.2) is 29.0 Å². The van der Waals surface area contributed by atoms with Gasteiger partial charge in [0.15, 0.2) is 21.9 Å². The summed E-state index contributed by atoms with van der Waals surface area (Å²) in [5.74, 6) is 1.97. The van der Waals surface area contributed by atoms with Gasteiger partial charge in [0.25, 0.3) is 0 Å². The van der Waals surface area contributed by atoms with Crippen LogP contribution in [0.2, 0.25) is 0 Å². The average molecular weight is 400 g/mol. The molecular formula is C17H15BBrN3O3. The monoisotopic (exact) mass is 399 g/mol. The van der Waals surface area contributed by atoms with Crippen molar-refractivity contribution in [3.8, 4) is 17.2 Å². The Labute approximate surface area is 154 Å². The maximum absolute atomic E-state index is 5.89. The maximum atomic E-state index is 5.89. The molecule has 1 aliphatic rings. The summed E-state index contributed by atoms with van der Waals surface area (Å²) < 4.78 is 19.7. The van der Waals surface area contributed by atoms with Gasteiger partial charge in [0, 0.05) is 0 Å². The summed E-state index contributed by atoms with van der Waals surface area (Å²) in [4.78, 5) is 8.86. The third kappa shape index (κ3) is 2.95. The van der Waals surface area contributed by atoms with Gasteiger partial charge in [-0.1, -0.05) is 0 Å². The van der Waals surface area contributed by atoms with Crippen LogP contribution in [0.25, 0.3) is 11.2 Å². The summed E-state index contributed by atoms with van der Waals surface area (Å²) in [7, 11) is 7.44. The molecule has 3 aromatic rings. The first-order valence-electron chi connectivity index (χ1n) is 7.84. The molecule has 0 saturated carbocycles. The zero-order valence-electron chi connectivity index (χ0n) is 13.8. The van der Waals surface area contributed by atoms with E-state index >= 15 is 0 Å². The van der Waals surface area contributed by atoms with E-state index in [4.69, 9.17) is 22.1 Å². The number of nitrogens with zero attached hydrogens (tertiary/aromatic N) is 3. The van der Waals surface area contributed by atoms with Gasteiger partial charge >= 0.3 is 0 Å². The van der Waals surface area contributed by atoms with E-state index in [9.17, 15) is 0 Å². The molecule has 2 aromatic heterocycles. The lowest BCUT2D eigenvalue weighted by molar-refractivity contribution is 0.100. The molecule has 0 bridgehead atoms. The van der Waals surface area contributed by atoms with Gasteiger partial charge in [-0.25, -0.2) is 9.97 Å². The Morgan fingerprint density at radius 2 is 2.20 bits per heavy atom. The Morgan fingerprint density at radius 1 is 1.36 bits per heavy atom. The summed E-state index contributed by atoms with van der Waals surface area (Å²) in [5.41, 5.74) is 2.93. The molecule has 0 N–H and O–H groups in total. The molecule has 0 fully saturated rings. The highest BCUT2D eigenvalue weighted by molar-refractivity contribution is 9.10. The fourth-order valence-corrected chi connectivity index (χ4v) is 3.35. The molecule has 0 amide bonds. The van der Waals surface area contributed by atoms with Gasteiger partial charge in [-0.3, -0.25) is 4.57 Å². The molecule has 126 valence electrons. The van der Waals surface area contributed by atoms with Gasteiger partial charge in [0.05, 0.1) is 13.7 Å². The summed E-state index contributed by atoms with van der Waals surface area (Å²) in [6.07, 6.45) is -0.00488. The molecular weight excluding hydrogens is 385 g/mol. The van der Waals surface area contributed by atoms with Crippen molar-refractivity contribution in [2.24, 2.45) is 0 Å². The zero-order valence-corrected chi connectivity index (χ0v) is 15.4. The second-order valence-electron chi connectivity index (χ2n) is 5.91. The number of imidazole rings is 1. The van der Waals surface area contributed by atoms with Crippen molar-refractivity contribution in [3.63, 3.8) is 0 Å². The van der Waals surface area contributed by atoms with Crippen LogP contribution in [-0.2, 0) is 6.54 Å². The highest BCUT2D eigenvalue weighted by atomic mass is 79.9. The largest absolute Gasteiger partial charge is 0.493 e. The van der Waals surface area contributed by atoms with Gasteiger partial charge in [0.1, 0.15) is 26.1 Å². The minimum Gasteiger partial charge on any atom is -0.493 e. The van der Waals surface area contributed by atoms with E-state index in [2.05, 4.69) is 25.9 Å². The van der Waals surface area contributed by atoms with Crippen LogP contribution in [0.1, 0.15) is 12.5 Å². The Balaban J connectivity index is 1.78. The molecule has 0 saturated heterocycles. The van der Waals surface area contributed by atoms with E-state index in [1.807, 2.05) is 29.7 Å². The maximum Gasteiger partial charge on any atom is 0.203 e. The van der Waals surface area contributed by atoms with Crippen molar-refractivity contribution in [2.45, 2.75) is 19.6 Å². The number of aromatic nitrogens is 3.